The van der Waals surface area contributed by atoms with Gasteiger partial charge in [-0.3, -0.25) is 9.59 Å². The average Bonchev–Trinajstić information content (AvgIpc) is 2.81. The molecule has 0 aromatic heterocycles. The van der Waals surface area contributed by atoms with E-state index in [-0.39, 0.29) is 58.8 Å². The third kappa shape index (κ3) is 5.17. The van der Waals surface area contributed by atoms with Gasteiger partial charge in [0.15, 0.2) is 0 Å². The standard InChI is InChI=1S/C28H41FN2O3/c1-17(26(33)30-21-7-5-4-6-8-21)22-13-15-28(3)16-14-23(18(2)24(28)25(22)32)31-27(34)19-9-11-20(29)12-10-19/h9-12,17-18,21-25,32H,4-8,13-16H2,1-3H3,(H,30,33)(H,31,34)/t17-,18+,22?,23-,24+,25-,28-/m0/s1. The SMILES string of the molecule is C[C@H]1[C@@H]2[C@@H](O)C([C@H](C)C(=O)NC3CCCCC3)CC[C@@]2(C)CC[C@@H]1NC(=O)c1ccc(F)cc1. The zero-order valence-electron chi connectivity index (χ0n) is 20.9. The van der Waals surface area contributed by atoms with E-state index in [1.807, 2.05) is 6.92 Å². The van der Waals surface area contributed by atoms with E-state index in [9.17, 15) is 19.1 Å². The Morgan fingerprint density at radius 1 is 1.03 bits per heavy atom. The maximum Gasteiger partial charge on any atom is 0.251 e. The smallest absolute Gasteiger partial charge is 0.251 e. The van der Waals surface area contributed by atoms with Gasteiger partial charge >= 0.3 is 0 Å². The Kier molecular flexibility index (Phi) is 7.66. The van der Waals surface area contributed by atoms with Gasteiger partial charge in [-0.25, -0.2) is 4.39 Å². The molecule has 0 bridgehead atoms. The predicted octanol–water partition coefficient (Wildman–Crippen LogP) is 4.83. The first-order valence-corrected chi connectivity index (χ1v) is 13.2. The molecule has 7 atom stereocenters. The molecule has 0 saturated heterocycles. The highest BCUT2D eigenvalue weighted by Crippen LogP contribution is 2.55. The number of rotatable bonds is 5. The molecular formula is C28H41FN2O3. The molecule has 0 aliphatic heterocycles. The number of amides is 2. The van der Waals surface area contributed by atoms with Crippen LogP contribution < -0.4 is 10.6 Å². The van der Waals surface area contributed by atoms with Crippen molar-refractivity contribution in [3.8, 4) is 0 Å². The molecule has 0 heterocycles. The van der Waals surface area contributed by atoms with Crippen molar-refractivity contribution in [2.45, 2.75) is 96.7 Å². The number of fused-ring (bicyclic) bond motifs is 1. The van der Waals surface area contributed by atoms with Crippen LogP contribution in [0, 0.1) is 34.9 Å². The molecule has 6 heteroatoms. The van der Waals surface area contributed by atoms with Crippen LogP contribution in [0.25, 0.3) is 0 Å². The largest absolute Gasteiger partial charge is 0.392 e. The van der Waals surface area contributed by atoms with E-state index in [0.29, 0.717) is 5.56 Å². The van der Waals surface area contributed by atoms with Crippen molar-refractivity contribution in [2.75, 3.05) is 0 Å². The average molecular weight is 473 g/mol. The number of halogens is 1. The fourth-order valence-corrected chi connectivity index (χ4v) is 7.12. The predicted molar refractivity (Wildman–Crippen MR) is 131 cm³/mol. The summed E-state index contributed by atoms with van der Waals surface area (Å²) in [5.41, 5.74) is 0.448. The summed E-state index contributed by atoms with van der Waals surface area (Å²) >= 11 is 0. The van der Waals surface area contributed by atoms with E-state index in [0.717, 1.165) is 38.5 Å². The van der Waals surface area contributed by atoms with Crippen LogP contribution in [0.5, 0.6) is 0 Å². The molecule has 3 aliphatic rings. The number of hydrogen-bond acceptors (Lipinski definition) is 3. The molecule has 0 radical (unpaired) electrons. The third-order valence-electron chi connectivity index (χ3n) is 9.32. The van der Waals surface area contributed by atoms with Gasteiger partial charge in [-0.1, -0.05) is 40.0 Å². The van der Waals surface area contributed by atoms with Crippen molar-refractivity contribution in [1.29, 1.82) is 0 Å². The Labute approximate surface area is 203 Å². The van der Waals surface area contributed by atoms with Crippen LogP contribution in [0.2, 0.25) is 0 Å². The van der Waals surface area contributed by atoms with Gasteiger partial charge in [0.25, 0.3) is 5.91 Å². The van der Waals surface area contributed by atoms with Crippen molar-refractivity contribution in [1.82, 2.24) is 10.6 Å². The first kappa shape index (κ1) is 25.2. The number of benzene rings is 1. The number of carbonyl (C=O) groups excluding carboxylic acids is 2. The Morgan fingerprint density at radius 2 is 1.68 bits per heavy atom. The van der Waals surface area contributed by atoms with E-state index in [1.54, 1.807) is 0 Å². The van der Waals surface area contributed by atoms with E-state index >= 15 is 0 Å². The molecule has 2 amide bonds. The van der Waals surface area contributed by atoms with Crippen molar-refractivity contribution < 1.29 is 19.1 Å². The van der Waals surface area contributed by atoms with Crippen molar-refractivity contribution in [2.24, 2.45) is 29.1 Å². The maximum absolute atomic E-state index is 13.2. The molecule has 1 unspecified atom stereocenters. The van der Waals surface area contributed by atoms with Gasteiger partial charge in [0.1, 0.15) is 5.82 Å². The molecule has 3 fully saturated rings. The van der Waals surface area contributed by atoms with Gasteiger partial charge in [0.2, 0.25) is 5.91 Å². The highest BCUT2D eigenvalue weighted by Gasteiger charge is 2.54. The molecule has 34 heavy (non-hydrogen) atoms. The first-order valence-electron chi connectivity index (χ1n) is 13.2. The highest BCUT2D eigenvalue weighted by atomic mass is 19.1. The molecule has 3 N–H and O–H groups in total. The summed E-state index contributed by atoms with van der Waals surface area (Å²) in [7, 11) is 0. The van der Waals surface area contributed by atoms with Crippen molar-refractivity contribution in [3.63, 3.8) is 0 Å². The second-order valence-electron chi connectivity index (χ2n) is 11.5. The number of aliphatic hydroxyl groups is 1. The lowest BCUT2D eigenvalue weighted by atomic mass is 9.51. The molecule has 3 saturated carbocycles. The summed E-state index contributed by atoms with van der Waals surface area (Å²) < 4.78 is 13.2. The summed E-state index contributed by atoms with van der Waals surface area (Å²) in [5, 5.41) is 18.0. The highest BCUT2D eigenvalue weighted by molar-refractivity contribution is 5.94. The van der Waals surface area contributed by atoms with Crippen LogP contribution >= 0.6 is 0 Å². The summed E-state index contributed by atoms with van der Waals surface area (Å²) in [4.78, 5) is 25.9. The van der Waals surface area contributed by atoms with Gasteiger partial charge in [0.05, 0.1) is 6.10 Å². The number of aliphatic hydroxyl groups excluding tert-OH is 1. The van der Waals surface area contributed by atoms with E-state index in [1.165, 1.54) is 43.5 Å². The van der Waals surface area contributed by atoms with E-state index in [2.05, 4.69) is 24.5 Å². The van der Waals surface area contributed by atoms with Crippen LogP contribution in [0.1, 0.15) is 88.9 Å². The Balaban J connectivity index is 1.43. The quantitative estimate of drug-likeness (QED) is 0.574. The molecule has 3 aliphatic carbocycles. The normalized spacial score (nSPS) is 35.1. The Morgan fingerprint density at radius 3 is 2.35 bits per heavy atom. The zero-order chi connectivity index (χ0) is 24.5. The van der Waals surface area contributed by atoms with E-state index < -0.39 is 6.10 Å². The van der Waals surface area contributed by atoms with Gasteiger partial charge in [-0.15, -0.1) is 0 Å². The molecule has 4 rings (SSSR count). The molecule has 0 spiro atoms. The number of hydrogen-bond donors (Lipinski definition) is 3. The summed E-state index contributed by atoms with van der Waals surface area (Å²) in [6.07, 6.45) is 8.77. The lowest BCUT2D eigenvalue weighted by Gasteiger charge is -2.56. The maximum atomic E-state index is 13.2. The van der Waals surface area contributed by atoms with Crippen molar-refractivity contribution >= 4 is 11.8 Å². The van der Waals surface area contributed by atoms with Gasteiger partial charge in [-0.05, 0) is 86.0 Å². The fraction of sp³-hybridized carbons (Fsp3) is 0.714. The number of carbonyl (C=O) groups is 2. The Hall–Kier alpha value is -1.95. The third-order valence-corrected chi connectivity index (χ3v) is 9.32. The van der Waals surface area contributed by atoms with Crippen LogP contribution in [0.4, 0.5) is 4.39 Å². The summed E-state index contributed by atoms with van der Waals surface area (Å²) in [5.74, 6) is -0.709. The van der Waals surface area contributed by atoms with Gasteiger partial charge in [0, 0.05) is 23.6 Å². The molecule has 188 valence electrons. The minimum atomic E-state index is -0.577. The second-order valence-corrected chi connectivity index (χ2v) is 11.5. The van der Waals surface area contributed by atoms with Crippen LogP contribution in [0.15, 0.2) is 24.3 Å². The van der Waals surface area contributed by atoms with E-state index in [4.69, 9.17) is 0 Å². The number of nitrogens with one attached hydrogen (secondary N) is 2. The van der Waals surface area contributed by atoms with Gasteiger partial charge in [-0.2, -0.15) is 0 Å². The summed E-state index contributed by atoms with van der Waals surface area (Å²) in [6.45, 7) is 6.35. The van der Waals surface area contributed by atoms with Gasteiger partial charge < -0.3 is 15.7 Å². The lowest BCUT2D eigenvalue weighted by molar-refractivity contribution is -0.142. The monoisotopic (exact) mass is 472 g/mol. The van der Waals surface area contributed by atoms with Crippen LogP contribution in [-0.2, 0) is 4.79 Å². The zero-order valence-corrected chi connectivity index (χ0v) is 20.9. The molecular weight excluding hydrogens is 431 g/mol. The topological polar surface area (TPSA) is 78.4 Å². The van der Waals surface area contributed by atoms with Crippen LogP contribution in [-0.4, -0.2) is 35.1 Å². The minimum absolute atomic E-state index is 0.00595. The minimum Gasteiger partial charge on any atom is -0.392 e. The molecule has 5 nitrogen and oxygen atoms in total. The van der Waals surface area contributed by atoms with Crippen LogP contribution in [0.3, 0.4) is 0 Å². The Bertz CT molecular complexity index is 869. The van der Waals surface area contributed by atoms with Crippen molar-refractivity contribution in [3.05, 3.63) is 35.6 Å². The lowest BCUT2D eigenvalue weighted by Crippen LogP contribution is -2.58. The molecule has 1 aromatic rings. The fourth-order valence-electron chi connectivity index (χ4n) is 7.12. The molecule has 1 aromatic carbocycles. The second kappa shape index (κ2) is 10.3. The summed E-state index contributed by atoms with van der Waals surface area (Å²) in [6, 6.07) is 5.81. The first-order chi connectivity index (χ1) is 16.2.